The Labute approximate surface area is 162 Å². The number of nitrogens with one attached hydrogen (secondary N) is 1. The molecule has 1 aromatic rings. The van der Waals surface area contributed by atoms with Gasteiger partial charge in [0.1, 0.15) is 0 Å². The van der Waals surface area contributed by atoms with Gasteiger partial charge in [-0.1, -0.05) is 12.8 Å². The molecule has 3 heterocycles. The molecule has 7 heteroatoms. The average Bonchev–Trinajstić information content (AvgIpc) is 3.46. The van der Waals surface area contributed by atoms with E-state index in [4.69, 9.17) is 9.84 Å². The molecule has 2 saturated heterocycles. The number of rotatable bonds is 5. The monoisotopic (exact) mass is 374 g/mol. The van der Waals surface area contributed by atoms with E-state index in [9.17, 15) is 0 Å². The third kappa shape index (κ3) is 4.82. The molecule has 2 aliphatic heterocycles. The van der Waals surface area contributed by atoms with Gasteiger partial charge in [-0.15, -0.1) is 0 Å². The average molecular weight is 375 g/mol. The van der Waals surface area contributed by atoms with E-state index in [2.05, 4.69) is 37.1 Å². The summed E-state index contributed by atoms with van der Waals surface area (Å²) >= 11 is 0. The molecule has 0 radical (unpaired) electrons. The number of guanidine groups is 1. The smallest absolute Gasteiger partial charge is 0.194 e. The van der Waals surface area contributed by atoms with Crippen LogP contribution < -0.4 is 5.32 Å². The topological polar surface area (TPSA) is 57.9 Å². The van der Waals surface area contributed by atoms with Gasteiger partial charge in [-0.05, 0) is 31.2 Å². The standard InChI is InChI=1S/C20H34N6O/c1-21-20(22-14-18-6-8-26(23-18)19-4-2-3-5-19)25-11-9-24(10-12-25)15-17-7-13-27-16-17/h6,8,17,19H,2-5,7,9-16H2,1H3,(H,21,22). The van der Waals surface area contributed by atoms with Gasteiger partial charge >= 0.3 is 0 Å². The van der Waals surface area contributed by atoms with Crippen LogP contribution in [-0.2, 0) is 11.3 Å². The minimum atomic E-state index is 0.608. The highest BCUT2D eigenvalue weighted by Gasteiger charge is 2.24. The van der Waals surface area contributed by atoms with Crippen LogP contribution in [0, 0.1) is 5.92 Å². The Hall–Kier alpha value is -1.60. The fourth-order valence-electron chi connectivity index (χ4n) is 4.58. The van der Waals surface area contributed by atoms with E-state index in [0.717, 1.165) is 63.5 Å². The lowest BCUT2D eigenvalue weighted by molar-refractivity contribution is 0.139. The van der Waals surface area contributed by atoms with E-state index in [-0.39, 0.29) is 0 Å². The molecule has 0 bridgehead atoms. The normalized spacial score (nSPS) is 25.4. The molecular formula is C20H34N6O. The fraction of sp³-hybridized carbons (Fsp3) is 0.800. The lowest BCUT2D eigenvalue weighted by atomic mass is 10.1. The van der Waals surface area contributed by atoms with Crippen molar-refractivity contribution < 1.29 is 4.74 Å². The van der Waals surface area contributed by atoms with Crippen LogP contribution >= 0.6 is 0 Å². The second kappa shape index (κ2) is 9.06. The molecule has 0 amide bonds. The molecule has 1 saturated carbocycles. The van der Waals surface area contributed by atoms with Crippen molar-refractivity contribution in [1.29, 1.82) is 0 Å². The first-order chi connectivity index (χ1) is 13.3. The first-order valence-corrected chi connectivity index (χ1v) is 10.6. The van der Waals surface area contributed by atoms with Gasteiger partial charge in [0.2, 0.25) is 0 Å². The van der Waals surface area contributed by atoms with Crippen LogP contribution in [0.4, 0.5) is 0 Å². The fourth-order valence-corrected chi connectivity index (χ4v) is 4.58. The SMILES string of the molecule is CN=C(NCc1ccn(C2CCCC2)n1)N1CCN(CC2CCOC2)CC1. The molecule has 7 nitrogen and oxygen atoms in total. The van der Waals surface area contributed by atoms with E-state index in [0.29, 0.717) is 6.04 Å². The van der Waals surface area contributed by atoms with Crippen LogP contribution in [-0.4, -0.2) is 78.5 Å². The summed E-state index contributed by atoms with van der Waals surface area (Å²) in [6, 6.07) is 2.75. The summed E-state index contributed by atoms with van der Waals surface area (Å²) in [7, 11) is 1.88. The molecule has 27 heavy (non-hydrogen) atoms. The summed E-state index contributed by atoms with van der Waals surface area (Å²) < 4.78 is 7.67. The zero-order chi connectivity index (χ0) is 18.5. The number of aliphatic imine (C=N–C) groups is 1. The van der Waals surface area contributed by atoms with Gasteiger partial charge in [-0.25, -0.2) is 0 Å². The molecule has 3 fully saturated rings. The maximum atomic E-state index is 5.51. The van der Waals surface area contributed by atoms with Gasteiger partial charge in [-0.2, -0.15) is 5.10 Å². The van der Waals surface area contributed by atoms with Gasteiger partial charge in [0, 0.05) is 52.6 Å². The van der Waals surface area contributed by atoms with Gasteiger partial charge in [0.15, 0.2) is 5.96 Å². The first kappa shape index (κ1) is 18.7. The van der Waals surface area contributed by atoms with E-state index in [1.54, 1.807) is 0 Å². The highest BCUT2D eigenvalue weighted by molar-refractivity contribution is 5.79. The second-order valence-corrected chi connectivity index (χ2v) is 8.14. The zero-order valence-electron chi connectivity index (χ0n) is 16.6. The Bertz CT molecular complexity index is 610. The van der Waals surface area contributed by atoms with Crippen LogP contribution in [0.3, 0.4) is 0 Å². The molecular weight excluding hydrogens is 340 g/mol. The summed E-state index contributed by atoms with van der Waals surface area (Å²) in [5.41, 5.74) is 1.10. The quantitative estimate of drug-likeness (QED) is 0.628. The van der Waals surface area contributed by atoms with Crippen molar-refractivity contribution in [2.75, 3.05) is 53.0 Å². The summed E-state index contributed by atoms with van der Waals surface area (Å²) in [5.74, 6) is 1.72. The number of ether oxygens (including phenoxy) is 1. The molecule has 1 unspecified atom stereocenters. The van der Waals surface area contributed by atoms with Crippen molar-refractivity contribution in [1.82, 2.24) is 24.9 Å². The van der Waals surface area contributed by atoms with Crippen molar-refractivity contribution in [3.05, 3.63) is 18.0 Å². The third-order valence-corrected chi connectivity index (χ3v) is 6.21. The van der Waals surface area contributed by atoms with Crippen molar-refractivity contribution in [3.63, 3.8) is 0 Å². The van der Waals surface area contributed by atoms with Crippen molar-refractivity contribution in [2.24, 2.45) is 10.9 Å². The molecule has 0 spiro atoms. The Morgan fingerprint density at radius 3 is 2.74 bits per heavy atom. The van der Waals surface area contributed by atoms with Crippen molar-refractivity contribution >= 4 is 5.96 Å². The maximum Gasteiger partial charge on any atom is 0.194 e. The summed E-state index contributed by atoms with van der Waals surface area (Å²) in [5, 5.41) is 8.28. The predicted molar refractivity (Wildman–Crippen MR) is 107 cm³/mol. The van der Waals surface area contributed by atoms with Crippen LogP contribution in [0.25, 0.3) is 0 Å². The predicted octanol–water partition coefficient (Wildman–Crippen LogP) is 1.73. The highest BCUT2D eigenvalue weighted by Crippen LogP contribution is 2.28. The van der Waals surface area contributed by atoms with Gasteiger partial charge in [-0.3, -0.25) is 14.6 Å². The molecule has 3 aliphatic rings. The van der Waals surface area contributed by atoms with Crippen molar-refractivity contribution in [2.45, 2.75) is 44.7 Å². The molecule has 1 aromatic heterocycles. The molecule has 150 valence electrons. The minimum absolute atomic E-state index is 0.608. The van der Waals surface area contributed by atoms with Gasteiger partial charge in [0.05, 0.1) is 24.9 Å². The van der Waals surface area contributed by atoms with Crippen LogP contribution in [0.15, 0.2) is 17.3 Å². The van der Waals surface area contributed by atoms with Gasteiger partial charge in [0.25, 0.3) is 0 Å². The van der Waals surface area contributed by atoms with Gasteiger partial charge < -0.3 is 15.0 Å². The Balaban J connectivity index is 1.22. The van der Waals surface area contributed by atoms with E-state index in [1.165, 1.54) is 38.6 Å². The zero-order valence-corrected chi connectivity index (χ0v) is 16.6. The minimum Gasteiger partial charge on any atom is -0.381 e. The van der Waals surface area contributed by atoms with E-state index in [1.807, 2.05) is 7.05 Å². The number of piperazine rings is 1. The Kier molecular flexibility index (Phi) is 6.29. The summed E-state index contributed by atoms with van der Waals surface area (Å²) in [6.07, 6.45) is 8.58. The molecule has 1 atom stereocenters. The van der Waals surface area contributed by atoms with Crippen molar-refractivity contribution in [3.8, 4) is 0 Å². The molecule has 4 rings (SSSR count). The lowest BCUT2D eigenvalue weighted by Gasteiger charge is -2.37. The van der Waals surface area contributed by atoms with Crippen LogP contribution in [0.2, 0.25) is 0 Å². The highest BCUT2D eigenvalue weighted by atomic mass is 16.5. The first-order valence-electron chi connectivity index (χ1n) is 10.6. The lowest BCUT2D eigenvalue weighted by Crippen LogP contribution is -2.53. The Morgan fingerprint density at radius 2 is 2.04 bits per heavy atom. The molecule has 1 aliphatic carbocycles. The van der Waals surface area contributed by atoms with E-state index >= 15 is 0 Å². The number of aromatic nitrogens is 2. The third-order valence-electron chi connectivity index (χ3n) is 6.21. The summed E-state index contributed by atoms with van der Waals surface area (Å²) in [4.78, 5) is 9.44. The van der Waals surface area contributed by atoms with E-state index < -0.39 is 0 Å². The maximum absolute atomic E-state index is 5.51. The number of hydrogen-bond donors (Lipinski definition) is 1. The molecule has 0 aromatic carbocycles. The number of hydrogen-bond acceptors (Lipinski definition) is 4. The van der Waals surface area contributed by atoms with Crippen LogP contribution in [0.5, 0.6) is 0 Å². The van der Waals surface area contributed by atoms with Crippen LogP contribution in [0.1, 0.15) is 43.8 Å². The summed E-state index contributed by atoms with van der Waals surface area (Å²) in [6.45, 7) is 8.08. The second-order valence-electron chi connectivity index (χ2n) is 8.14. The largest absolute Gasteiger partial charge is 0.381 e. The number of nitrogens with zero attached hydrogens (tertiary/aromatic N) is 5. The Morgan fingerprint density at radius 1 is 1.22 bits per heavy atom. The molecule has 1 N–H and O–H groups in total.